The summed E-state index contributed by atoms with van der Waals surface area (Å²) in [5.41, 5.74) is 9.27. The largest absolute Gasteiger partial charge is 0.384 e. The molecule has 0 saturated heterocycles. The molecule has 6 heteroatoms. The molecule has 0 aliphatic heterocycles. The summed E-state index contributed by atoms with van der Waals surface area (Å²) in [5.74, 6) is -0.0651. The molecule has 0 saturated carbocycles. The molecule has 27 heavy (non-hydrogen) atoms. The minimum atomic E-state index is -0.364. The predicted octanol–water partition coefficient (Wildman–Crippen LogP) is 4.35. The van der Waals surface area contributed by atoms with Crippen LogP contribution in [0.4, 0.5) is 10.1 Å². The summed E-state index contributed by atoms with van der Waals surface area (Å²) in [4.78, 5) is 17.4. The fraction of sp³-hybridized carbons (Fsp3) is 0.333. The van der Waals surface area contributed by atoms with Gasteiger partial charge >= 0.3 is 0 Å². The fourth-order valence-corrected chi connectivity index (χ4v) is 2.70. The van der Waals surface area contributed by atoms with Crippen LogP contribution in [0.5, 0.6) is 0 Å². The molecule has 2 rings (SSSR count). The molecule has 0 heterocycles. The van der Waals surface area contributed by atoms with Gasteiger partial charge in [-0.2, -0.15) is 0 Å². The molecule has 0 radical (unpaired) electrons. The highest BCUT2D eigenvalue weighted by molar-refractivity contribution is 5.97. The minimum Gasteiger partial charge on any atom is -0.384 e. The summed E-state index contributed by atoms with van der Waals surface area (Å²) >= 11 is 0. The number of amidine groups is 1. The van der Waals surface area contributed by atoms with Gasteiger partial charge in [0.1, 0.15) is 5.82 Å². The highest BCUT2D eigenvalue weighted by Gasteiger charge is 2.16. The van der Waals surface area contributed by atoms with E-state index >= 15 is 0 Å². The van der Waals surface area contributed by atoms with Gasteiger partial charge in [-0.1, -0.05) is 51.0 Å². The molecule has 0 aliphatic rings. The number of hydrogen-bond donors (Lipinski definition) is 2. The van der Waals surface area contributed by atoms with Gasteiger partial charge in [-0.3, -0.25) is 4.79 Å². The highest BCUT2D eigenvalue weighted by Crippen LogP contribution is 2.32. The van der Waals surface area contributed by atoms with Gasteiger partial charge in [-0.15, -0.1) is 0 Å². The Morgan fingerprint density at radius 2 is 1.63 bits per heavy atom. The number of rotatable bonds is 7. The van der Waals surface area contributed by atoms with E-state index in [0.29, 0.717) is 5.56 Å². The molecular weight excluding hydrogens is 345 g/mol. The molecule has 0 atom stereocenters. The van der Waals surface area contributed by atoms with Crippen molar-refractivity contribution in [3.63, 3.8) is 0 Å². The first kappa shape index (κ1) is 20.4. The topological polar surface area (TPSA) is 76.7 Å². The third-order valence-corrected chi connectivity index (χ3v) is 4.14. The fourth-order valence-electron chi connectivity index (χ4n) is 2.70. The summed E-state index contributed by atoms with van der Waals surface area (Å²) in [6, 6.07) is 11.6. The maximum Gasteiger partial charge on any atom is 0.265 e. The van der Waals surface area contributed by atoms with Crippen molar-refractivity contribution in [3.05, 3.63) is 65.0 Å². The average Bonchev–Trinajstić information content (AvgIpc) is 2.61. The van der Waals surface area contributed by atoms with E-state index in [4.69, 9.17) is 10.6 Å². The van der Waals surface area contributed by atoms with E-state index in [1.165, 1.54) is 24.3 Å². The summed E-state index contributed by atoms with van der Waals surface area (Å²) in [6.07, 6.45) is 0. The van der Waals surface area contributed by atoms with Crippen molar-refractivity contribution in [1.82, 2.24) is 0 Å². The van der Waals surface area contributed by atoms with Gasteiger partial charge in [0.05, 0.1) is 0 Å². The summed E-state index contributed by atoms with van der Waals surface area (Å²) in [7, 11) is 0. The molecule has 0 unspecified atom stereocenters. The van der Waals surface area contributed by atoms with Gasteiger partial charge < -0.3 is 15.9 Å². The Kier molecular flexibility index (Phi) is 6.93. The average molecular weight is 371 g/mol. The van der Waals surface area contributed by atoms with Crippen LogP contribution >= 0.6 is 0 Å². The minimum absolute atomic E-state index is 0.0771. The van der Waals surface area contributed by atoms with Gasteiger partial charge in [0.15, 0.2) is 12.4 Å². The molecule has 0 aromatic heterocycles. The lowest BCUT2D eigenvalue weighted by molar-refractivity contribution is -0.120. The number of nitrogens with zero attached hydrogens (tertiary/aromatic N) is 1. The van der Waals surface area contributed by atoms with Crippen molar-refractivity contribution in [2.45, 2.75) is 39.5 Å². The zero-order chi connectivity index (χ0) is 20.0. The van der Waals surface area contributed by atoms with Crippen molar-refractivity contribution < 1.29 is 14.0 Å². The number of nitrogens with two attached hydrogens (primary N) is 1. The van der Waals surface area contributed by atoms with Gasteiger partial charge in [0.2, 0.25) is 0 Å². The van der Waals surface area contributed by atoms with Crippen molar-refractivity contribution in [3.8, 4) is 0 Å². The van der Waals surface area contributed by atoms with Crippen LogP contribution in [0.25, 0.3) is 0 Å². The van der Waals surface area contributed by atoms with Crippen LogP contribution in [0, 0.1) is 5.82 Å². The second-order valence-electron chi connectivity index (χ2n) is 6.93. The number of amides is 1. The Bertz CT molecular complexity index is 788. The Balaban J connectivity index is 2.05. The van der Waals surface area contributed by atoms with Gasteiger partial charge in [0, 0.05) is 11.3 Å². The van der Waals surface area contributed by atoms with Crippen LogP contribution in [0.2, 0.25) is 0 Å². The first-order valence-electron chi connectivity index (χ1n) is 8.93. The molecular formula is C21H26FN3O2. The molecule has 0 fully saturated rings. The number of carbonyl (C=O) groups excluding carboxylic acids is 1. The van der Waals surface area contributed by atoms with Crippen LogP contribution in [0.3, 0.4) is 0 Å². The lowest BCUT2D eigenvalue weighted by Gasteiger charge is -2.20. The van der Waals surface area contributed by atoms with E-state index in [1.807, 2.05) is 18.2 Å². The normalized spacial score (nSPS) is 11.7. The van der Waals surface area contributed by atoms with Crippen LogP contribution in [0.1, 0.15) is 56.2 Å². The monoisotopic (exact) mass is 371 g/mol. The zero-order valence-corrected chi connectivity index (χ0v) is 16.1. The Morgan fingerprint density at radius 1 is 1.07 bits per heavy atom. The first-order chi connectivity index (χ1) is 12.8. The summed E-state index contributed by atoms with van der Waals surface area (Å²) in [5, 5.41) is 6.67. The number of hydrogen-bond acceptors (Lipinski definition) is 3. The number of nitrogens with one attached hydrogen (secondary N) is 1. The number of halogens is 1. The van der Waals surface area contributed by atoms with Gasteiger partial charge in [-0.25, -0.2) is 4.39 Å². The first-order valence-corrected chi connectivity index (χ1v) is 8.93. The molecule has 5 nitrogen and oxygen atoms in total. The molecule has 3 N–H and O–H groups in total. The second kappa shape index (κ2) is 9.16. The molecule has 2 aromatic rings. The van der Waals surface area contributed by atoms with E-state index in [9.17, 15) is 9.18 Å². The summed E-state index contributed by atoms with van der Waals surface area (Å²) < 4.78 is 12.9. The lowest BCUT2D eigenvalue weighted by atomic mass is 9.92. The smallest absolute Gasteiger partial charge is 0.265 e. The number of benzene rings is 2. The maximum absolute atomic E-state index is 12.9. The van der Waals surface area contributed by atoms with Gasteiger partial charge in [-0.05, 0) is 47.2 Å². The number of anilines is 1. The summed E-state index contributed by atoms with van der Waals surface area (Å²) in [6.45, 7) is 8.06. The molecule has 0 spiro atoms. The molecule has 0 bridgehead atoms. The van der Waals surface area contributed by atoms with E-state index in [1.54, 1.807) is 0 Å². The van der Waals surface area contributed by atoms with E-state index in [2.05, 4.69) is 38.2 Å². The molecule has 0 aliphatic carbocycles. The van der Waals surface area contributed by atoms with E-state index in [-0.39, 0.29) is 36.0 Å². The molecule has 144 valence electrons. The van der Waals surface area contributed by atoms with Crippen LogP contribution in [-0.4, -0.2) is 18.3 Å². The van der Waals surface area contributed by atoms with Crippen molar-refractivity contribution in [2.24, 2.45) is 10.9 Å². The Labute approximate surface area is 159 Å². The van der Waals surface area contributed by atoms with Crippen molar-refractivity contribution >= 4 is 17.4 Å². The third kappa shape index (κ3) is 5.54. The van der Waals surface area contributed by atoms with Crippen molar-refractivity contribution in [2.75, 3.05) is 11.9 Å². The Hall–Kier alpha value is -2.89. The second-order valence-corrected chi connectivity index (χ2v) is 6.93. The lowest BCUT2D eigenvalue weighted by Crippen LogP contribution is -2.21. The standard InChI is InChI=1S/C21H26FN3O2/c1-13(2)17-6-5-7-18(14(3)4)20(17)24-19(26)12-27-25-21(23)15-8-10-16(22)11-9-15/h5-11,13-14H,12H2,1-4H3,(H2,23,25)(H,24,26). The molecule has 2 aromatic carbocycles. The van der Waals surface area contributed by atoms with Crippen LogP contribution in [0.15, 0.2) is 47.6 Å². The quantitative estimate of drug-likeness (QED) is 0.432. The molecule has 1 amide bonds. The number of carbonyl (C=O) groups is 1. The van der Waals surface area contributed by atoms with Gasteiger partial charge in [0.25, 0.3) is 5.91 Å². The Morgan fingerprint density at radius 3 is 2.15 bits per heavy atom. The van der Waals surface area contributed by atoms with Crippen LogP contribution in [-0.2, 0) is 9.63 Å². The number of para-hydroxylation sites is 1. The number of oxime groups is 1. The SMILES string of the molecule is CC(C)c1cccc(C(C)C)c1NC(=O)CO/N=C(\N)c1ccc(F)cc1. The van der Waals surface area contributed by atoms with E-state index < -0.39 is 0 Å². The highest BCUT2D eigenvalue weighted by atomic mass is 19.1. The van der Waals surface area contributed by atoms with Crippen LogP contribution < -0.4 is 11.1 Å². The third-order valence-electron chi connectivity index (χ3n) is 4.14. The maximum atomic E-state index is 12.9. The van der Waals surface area contributed by atoms with E-state index in [0.717, 1.165) is 16.8 Å². The van der Waals surface area contributed by atoms with Crippen molar-refractivity contribution in [1.29, 1.82) is 0 Å². The zero-order valence-electron chi connectivity index (χ0n) is 16.1. The predicted molar refractivity (Wildman–Crippen MR) is 106 cm³/mol.